The number of esters is 1. The Morgan fingerprint density at radius 2 is 1.81 bits per heavy atom. The Kier molecular flexibility index (Phi) is 5.75. The van der Waals surface area contributed by atoms with Crippen molar-refractivity contribution in [1.82, 2.24) is 5.32 Å². The van der Waals surface area contributed by atoms with Crippen LogP contribution in [0.25, 0.3) is 0 Å². The molecule has 1 aromatic rings. The van der Waals surface area contributed by atoms with E-state index in [4.69, 9.17) is 9.84 Å². The summed E-state index contributed by atoms with van der Waals surface area (Å²) >= 11 is 0. The van der Waals surface area contributed by atoms with Crippen LogP contribution in [0.3, 0.4) is 0 Å². The van der Waals surface area contributed by atoms with Crippen LogP contribution < -0.4 is 5.32 Å². The van der Waals surface area contributed by atoms with Crippen LogP contribution in [0, 0.1) is 0 Å². The molecule has 0 atom stereocenters. The predicted molar refractivity (Wildman–Crippen MR) is 77.7 cm³/mol. The fourth-order valence-electron chi connectivity index (χ4n) is 2.48. The lowest BCUT2D eigenvalue weighted by molar-refractivity contribution is -0.125. The first-order valence-electron chi connectivity index (χ1n) is 7.35. The van der Waals surface area contributed by atoms with E-state index < -0.39 is 5.97 Å². The Hall–Kier alpha value is -1.88. The van der Waals surface area contributed by atoms with Crippen molar-refractivity contribution in [2.45, 2.75) is 44.8 Å². The van der Waals surface area contributed by atoms with Gasteiger partial charge in [-0.05, 0) is 30.5 Å². The molecule has 1 aliphatic rings. The van der Waals surface area contributed by atoms with Crippen LogP contribution in [0.1, 0.15) is 48.0 Å². The van der Waals surface area contributed by atoms with Crippen LogP contribution in [0.2, 0.25) is 0 Å². The van der Waals surface area contributed by atoms with Gasteiger partial charge in [-0.1, -0.05) is 31.4 Å². The van der Waals surface area contributed by atoms with Gasteiger partial charge in [-0.2, -0.15) is 0 Å². The zero-order chi connectivity index (χ0) is 15.1. The quantitative estimate of drug-likeness (QED) is 0.811. The lowest BCUT2D eigenvalue weighted by Crippen LogP contribution is -2.38. The highest BCUT2D eigenvalue weighted by atomic mass is 16.5. The Labute approximate surface area is 124 Å². The molecule has 5 nitrogen and oxygen atoms in total. The lowest BCUT2D eigenvalue weighted by Gasteiger charge is -2.22. The van der Waals surface area contributed by atoms with Crippen LogP contribution in [0.15, 0.2) is 24.3 Å². The Morgan fingerprint density at radius 3 is 2.43 bits per heavy atom. The summed E-state index contributed by atoms with van der Waals surface area (Å²) in [4.78, 5) is 23.5. The van der Waals surface area contributed by atoms with E-state index in [1.54, 1.807) is 24.3 Å². The molecule has 1 amide bonds. The molecule has 114 valence electrons. The number of hydrogen-bond acceptors (Lipinski definition) is 4. The molecule has 1 aromatic carbocycles. The van der Waals surface area contributed by atoms with Gasteiger partial charge in [0.05, 0.1) is 12.2 Å². The molecule has 1 fully saturated rings. The van der Waals surface area contributed by atoms with Crippen molar-refractivity contribution in [3.63, 3.8) is 0 Å². The SMILES string of the molecule is O=C(COC(=O)c1ccc(CO)cc1)NC1CCCCC1. The maximum absolute atomic E-state index is 11.8. The normalized spacial score (nSPS) is 15.5. The lowest BCUT2D eigenvalue weighted by atomic mass is 9.95. The van der Waals surface area contributed by atoms with E-state index in [1.807, 2.05) is 0 Å². The van der Waals surface area contributed by atoms with Crippen molar-refractivity contribution < 1.29 is 19.4 Å². The molecule has 0 heterocycles. The maximum atomic E-state index is 11.8. The number of ether oxygens (including phenoxy) is 1. The Bertz CT molecular complexity index is 478. The summed E-state index contributed by atoms with van der Waals surface area (Å²) in [5, 5.41) is 11.8. The average Bonchev–Trinajstić information content (AvgIpc) is 2.53. The molecule has 1 saturated carbocycles. The van der Waals surface area contributed by atoms with E-state index in [0.717, 1.165) is 31.2 Å². The standard InChI is InChI=1S/C16H21NO4/c18-10-12-6-8-13(9-7-12)16(20)21-11-15(19)17-14-4-2-1-3-5-14/h6-9,14,18H,1-5,10-11H2,(H,17,19). The van der Waals surface area contributed by atoms with Crippen molar-refractivity contribution >= 4 is 11.9 Å². The van der Waals surface area contributed by atoms with Gasteiger partial charge in [0.2, 0.25) is 0 Å². The number of amides is 1. The van der Waals surface area contributed by atoms with Crippen molar-refractivity contribution in [1.29, 1.82) is 0 Å². The topological polar surface area (TPSA) is 75.6 Å². The van der Waals surface area contributed by atoms with E-state index in [1.165, 1.54) is 6.42 Å². The second-order valence-electron chi connectivity index (χ2n) is 5.33. The van der Waals surface area contributed by atoms with Gasteiger partial charge in [0, 0.05) is 6.04 Å². The molecule has 0 unspecified atom stereocenters. The highest BCUT2D eigenvalue weighted by molar-refractivity contribution is 5.91. The number of hydrogen-bond donors (Lipinski definition) is 2. The van der Waals surface area contributed by atoms with Crippen LogP contribution in [-0.4, -0.2) is 29.6 Å². The molecule has 21 heavy (non-hydrogen) atoms. The molecular weight excluding hydrogens is 270 g/mol. The fraction of sp³-hybridized carbons (Fsp3) is 0.500. The summed E-state index contributed by atoms with van der Waals surface area (Å²) in [6.45, 7) is -0.323. The first-order valence-corrected chi connectivity index (χ1v) is 7.35. The smallest absolute Gasteiger partial charge is 0.338 e. The van der Waals surface area contributed by atoms with Gasteiger partial charge in [0.25, 0.3) is 5.91 Å². The zero-order valence-electron chi connectivity index (χ0n) is 12.0. The van der Waals surface area contributed by atoms with Gasteiger partial charge in [0.15, 0.2) is 6.61 Å². The van der Waals surface area contributed by atoms with E-state index in [2.05, 4.69) is 5.32 Å². The van der Waals surface area contributed by atoms with Crippen LogP contribution in [0.4, 0.5) is 0 Å². The van der Waals surface area contributed by atoms with Gasteiger partial charge in [-0.25, -0.2) is 4.79 Å². The Morgan fingerprint density at radius 1 is 1.14 bits per heavy atom. The van der Waals surface area contributed by atoms with Gasteiger partial charge in [-0.3, -0.25) is 4.79 Å². The predicted octanol–water partition coefficient (Wildman–Crippen LogP) is 1.78. The first-order chi connectivity index (χ1) is 10.2. The summed E-state index contributed by atoms with van der Waals surface area (Å²) in [5.41, 5.74) is 1.10. The van der Waals surface area contributed by atoms with Gasteiger partial charge in [0.1, 0.15) is 0 Å². The third kappa shape index (κ3) is 4.86. The number of rotatable bonds is 5. The monoisotopic (exact) mass is 291 g/mol. The third-order valence-electron chi connectivity index (χ3n) is 3.68. The largest absolute Gasteiger partial charge is 0.452 e. The molecule has 0 radical (unpaired) electrons. The third-order valence-corrected chi connectivity index (χ3v) is 3.68. The molecule has 0 bridgehead atoms. The Balaban J connectivity index is 1.75. The molecule has 0 spiro atoms. The minimum Gasteiger partial charge on any atom is -0.452 e. The molecule has 0 saturated heterocycles. The molecule has 1 aliphatic carbocycles. The number of aliphatic hydroxyl groups excluding tert-OH is 1. The molecule has 2 rings (SSSR count). The molecular formula is C16H21NO4. The summed E-state index contributed by atoms with van der Waals surface area (Å²) in [6.07, 6.45) is 5.51. The van der Waals surface area contributed by atoms with Gasteiger partial charge < -0.3 is 15.2 Å². The number of carbonyl (C=O) groups is 2. The minimum absolute atomic E-state index is 0.0703. The first kappa shape index (κ1) is 15.5. The summed E-state index contributed by atoms with van der Waals surface area (Å²) < 4.78 is 4.99. The summed E-state index contributed by atoms with van der Waals surface area (Å²) in [6, 6.07) is 6.67. The maximum Gasteiger partial charge on any atom is 0.338 e. The van der Waals surface area contributed by atoms with Crippen molar-refractivity contribution in [3.05, 3.63) is 35.4 Å². The minimum atomic E-state index is -0.529. The van der Waals surface area contributed by atoms with Crippen LogP contribution in [0.5, 0.6) is 0 Å². The van der Waals surface area contributed by atoms with E-state index >= 15 is 0 Å². The second-order valence-corrected chi connectivity index (χ2v) is 5.33. The summed E-state index contributed by atoms with van der Waals surface area (Å²) in [7, 11) is 0. The average molecular weight is 291 g/mol. The van der Waals surface area contributed by atoms with Crippen molar-refractivity contribution in [2.75, 3.05) is 6.61 Å². The van der Waals surface area contributed by atoms with Gasteiger partial charge in [-0.15, -0.1) is 0 Å². The van der Waals surface area contributed by atoms with E-state index in [9.17, 15) is 9.59 Å². The van der Waals surface area contributed by atoms with Crippen LogP contribution in [-0.2, 0) is 16.1 Å². The highest BCUT2D eigenvalue weighted by Crippen LogP contribution is 2.17. The fourth-order valence-corrected chi connectivity index (χ4v) is 2.48. The van der Waals surface area contributed by atoms with Crippen LogP contribution >= 0.6 is 0 Å². The molecule has 0 aromatic heterocycles. The second kappa shape index (κ2) is 7.78. The zero-order valence-corrected chi connectivity index (χ0v) is 12.0. The number of benzene rings is 1. The highest BCUT2D eigenvalue weighted by Gasteiger charge is 2.17. The van der Waals surface area contributed by atoms with Crippen molar-refractivity contribution in [2.24, 2.45) is 0 Å². The van der Waals surface area contributed by atoms with Gasteiger partial charge >= 0.3 is 5.97 Å². The number of carbonyl (C=O) groups excluding carboxylic acids is 2. The van der Waals surface area contributed by atoms with E-state index in [0.29, 0.717) is 5.56 Å². The molecule has 0 aliphatic heterocycles. The number of aliphatic hydroxyl groups is 1. The van der Waals surface area contributed by atoms with Crippen molar-refractivity contribution in [3.8, 4) is 0 Å². The molecule has 5 heteroatoms. The molecule has 2 N–H and O–H groups in total. The van der Waals surface area contributed by atoms with E-state index in [-0.39, 0.29) is 25.2 Å². The summed E-state index contributed by atoms with van der Waals surface area (Å²) in [5.74, 6) is -0.777. The number of nitrogens with one attached hydrogen (secondary N) is 1.